The second-order valence-corrected chi connectivity index (χ2v) is 14.9. The van der Waals surface area contributed by atoms with Crippen molar-refractivity contribution < 1.29 is 17.0 Å². The average Bonchev–Trinajstić information content (AvgIpc) is 3.04. The molecule has 0 N–H and O–H groups in total. The third kappa shape index (κ3) is 6.99. The average molecular weight is 620 g/mol. The van der Waals surface area contributed by atoms with Crippen LogP contribution < -0.4 is 48.8 Å². The van der Waals surface area contributed by atoms with E-state index >= 15 is 0 Å². The highest BCUT2D eigenvalue weighted by Crippen LogP contribution is 2.41. The predicted molar refractivity (Wildman–Crippen MR) is 179 cm³/mol. The molecule has 0 aliphatic rings. The molecule has 0 saturated carbocycles. The highest BCUT2D eigenvalue weighted by atomic mass is 79.9. The minimum atomic E-state index is -1.78. The molecule has 0 atom stereocenters. The summed E-state index contributed by atoms with van der Waals surface area (Å²) in [7, 11) is -0.877. The first-order valence-electron chi connectivity index (χ1n) is 13.2. The summed E-state index contributed by atoms with van der Waals surface area (Å²) < 4.78 is 0. The lowest BCUT2D eigenvalue weighted by molar-refractivity contribution is -0.00000731. The Morgan fingerprint density at radius 1 is 0.325 bits per heavy atom. The summed E-state index contributed by atoms with van der Waals surface area (Å²) >= 11 is 0. The number of hydrogen-bond acceptors (Lipinski definition) is 0. The second-order valence-electron chi connectivity index (χ2n) is 9.29. The minimum absolute atomic E-state index is 0. The van der Waals surface area contributed by atoms with E-state index in [1.165, 1.54) is 31.8 Å². The van der Waals surface area contributed by atoms with E-state index in [9.17, 15) is 0 Å². The zero-order valence-electron chi connectivity index (χ0n) is 22.4. The molecular formula is C37H33BrP2. The van der Waals surface area contributed by atoms with Crippen molar-refractivity contribution >= 4 is 52.9 Å². The lowest BCUT2D eigenvalue weighted by atomic mass is 10.4. The van der Waals surface area contributed by atoms with Crippen molar-refractivity contribution in [2.45, 2.75) is 0 Å². The first-order valence-corrected chi connectivity index (χ1v) is 16.7. The molecule has 3 heteroatoms. The second kappa shape index (κ2) is 14.8. The Balaban J connectivity index is 0.000000181. The quantitative estimate of drug-likeness (QED) is 0.250. The normalized spacial score (nSPS) is 10.6. The maximum atomic E-state index is 4.69. The van der Waals surface area contributed by atoms with E-state index in [1.807, 2.05) is 0 Å². The fraction of sp³-hybridized carbons (Fsp3) is 0. The first kappa shape index (κ1) is 29.5. The molecule has 0 amide bonds. The van der Waals surface area contributed by atoms with Gasteiger partial charge in [-0.15, -0.1) is 0 Å². The summed E-state index contributed by atoms with van der Waals surface area (Å²) in [6.45, 7) is -1.78. The summed E-state index contributed by atoms with van der Waals surface area (Å²) in [4.78, 5) is 0. The molecule has 0 heterocycles. The fourth-order valence-electron chi connectivity index (χ4n) is 4.81. The third-order valence-electron chi connectivity index (χ3n) is 6.78. The van der Waals surface area contributed by atoms with E-state index < -0.39 is 14.8 Å². The molecule has 0 aromatic heterocycles. The number of rotatable bonds is 6. The van der Waals surface area contributed by atoms with Gasteiger partial charge in [-0.05, 0) is 59.2 Å². The van der Waals surface area contributed by atoms with Crippen LogP contribution in [0.25, 0.3) is 0 Å². The van der Waals surface area contributed by atoms with Crippen LogP contribution in [0.4, 0.5) is 0 Å². The third-order valence-corrected chi connectivity index (χ3v) is 13.0. The molecule has 40 heavy (non-hydrogen) atoms. The smallest absolute Gasteiger partial charge is 0.102 e. The van der Waals surface area contributed by atoms with E-state index in [4.69, 9.17) is 6.30 Å². The Morgan fingerprint density at radius 2 is 0.525 bits per heavy atom. The predicted octanol–water partition coefficient (Wildman–Crippen LogP) is 3.59. The van der Waals surface area contributed by atoms with Gasteiger partial charge in [-0.1, -0.05) is 152 Å². The molecule has 6 aromatic rings. The van der Waals surface area contributed by atoms with Gasteiger partial charge >= 0.3 is 0 Å². The Kier molecular flexibility index (Phi) is 10.9. The summed E-state index contributed by atoms with van der Waals surface area (Å²) in [5.74, 6) is 0. The molecule has 0 spiro atoms. The molecule has 0 saturated heterocycles. The monoisotopic (exact) mass is 618 g/mol. The Morgan fingerprint density at radius 3 is 0.750 bits per heavy atom. The zero-order chi connectivity index (χ0) is 26.8. The van der Waals surface area contributed by atoms with Crippen molar-refractivity contribution in [2.24, 2.45) is 0 Å². The minimum Gasteiger partial charge on any atom is -1.00 e. The fourth-order valence-corrected chi connectivity index (χ4v) is 10.3. The Bertz CT molecular complexity index is 1390. The lowest BCUT2D eigenvalue weighted by Gasteiger charge is -2.26. The number of halogens is 1. The van der Waals surface area contributed by atoms with E-state index in [1.54, 1.807) is 0 Å². The molecule has 0 aliphatic heterocycles. The highest BCUT2D eigenvalue weighted by Gasteiger charge is 2.24. The topological polar surface area (TPSA) is 0 Å². The van der Waals surface area contributed by atoms with Gasteiger partial charge < -0.3 is 17.0 Å². The highest BCUT2D eigenvalue weighted by molar-refractivity contribution is 7.93. The van der Waals surface area contributed by atoms with E-state index in [2.05, 4.69) is 182 Å². The van der Waals surface area contributed by atoms with Crippen LogP contribution in [0.3, 0.4) is 0 Å². The van der Waals surface area contributed by atoms with Gasteiger partial charge in [0, 0.05) is 0 Å². The molecule has 0 radical (unpaired) electrons. The van der Waals surface area contributed by atoms with Gasteiger partial charge in [0.2, 0.25) is 0 Å². The van der Waals surface area contributed by atoms with Gasteiger partial charge in [0.1, 0.15) is 15.9 Å². The maximum Gasteiger partial charge on any atom is 0.102 e. The van der Waals surface area contributed by atoms with Gasteiger partial charge in [0.15, 0.2) is 0 Å². The van der Waals surface area contributed by atoms with Crippen LogP contribution in [0.5, 0.6) is 0 Å². The van der Waals surface area contributed by atoms with Crippen LogP contribution in [-0.2, 0) is 0 Å². The van der Waals surface area contributed by atoms with Gasteiger partial charge in [-0.3, -0.25) is 0 Å². The first-order chi connectivity index (χ1) is 19.3. The molecule has 198 valence electrons. The van der Waals surface area contributed by atoms with Gasteiger partial charge in [0.05, 0.1) is 7.92 Å². The standard InChI is InChI=1S/C19H17P.C18H15P.BrH/c1-20(17-11-5-2-6-12-17,18-13-7-3-8-14-18)19-15-9-4-10-16-19;1-4-10-16(11-5-1)19(17-12-6-2-7-13-17)18-14-8-3-9-15-18;/h2-16H,1H2;1-15H;1H. The maximum absolute atomic E-state index is 4.69. The summed E-state index contributed by atoms with van der Waals surface area (Å²) in [6.07, 6.45) is 4.69. The zero-order valence-corrected chi connectivity index (χ0v) is 25.8. The Hall–Kier alpha value is -3.47. The summed E-state index contributed by atoms with van der Waals surface area (Å²) in [5.41, 5.74) is 0. The van der Waals surface area contributed by atoms with E-state index in [-0.39, 0.29) is 17.0 Å². The molecule has 0 aliphatic carbocycles. The van der Waals surface area contributed by atoms with Gasteiger partial charge in [-0.2, -0.15) is 0 Å². The van der Waals surface area contributed by atoms with Crippen molar-refractivity contribution in [1.82, 2.24) is 0 Å². The molecule has 0 fully saturated rings. The van der Waals surface area contributed by atoms with Crippen LogP contribution in [0.2, 0.25) is 0 Å². The van der Waals surface area contributed by atoms with Crippen molar-refractivity contribution in [2.75, 3.05) is 0 Å². The SMILES string of the molecule is C=P(c1ccccc1)(c1ccccc1)c1ccccc1.[Br-].c1ccc([PH+](c2ccccc2)c2ccccc2)cc1. The number of hydrogen-bond donors (Lipinski definition) is 0. The van der Waals surface area contributed by atoms with Crippen molar-refractivity contribution in [1.29, 1.82) is 0 Å². The van der Waals surface area contributed by atoms with Crippen molar-refractivity contribution in [3.8, 4) is 0 Å². The van der Waals surface area contributed by atoms with Crippen LogP contribution in [-0.4, -0.2) is 6.30 Å². The van der Waals surface area contributed by atoms with Crippen molar-refractivity contribution in [3.63, 3.8) is 0 Å². The van der Waals surface area contributed by atoms with E-state index in [0.717, 1.165) is 0 Å². The van der Waals surface area contributed by atoms with Gasteiger partial charge in [0.25, 0.3) is 0 Å². The lowest BCUT2D eigenvalue weighted by Crippen LogP contribution is -3.00. The summed E-state index contributed by atoms with van der Waals surface area (Å²) in [5, 5.41) is 8.26. The molecular weight excluding hydrogens is 586 g/mol. The summed E-state index contributed by atoms with van der Waals surface area (Å²) in [6, 6.07) is 64.4. The van der Waals surface area contributed by atoms with E-state index in [0.29, 0.717) is 0 Å². The largest absolute Gasteiger partial charge is 1.00 e. The van der Waals surface area contributed by atoms with Crippen LogP contribution in [0, 0.1) is 0 Å². The van der Waals surface area contributed by atoms with Crippen LogP contribution in [0.1, 0.15) is 0 Å². The number of benzene rings is 6. The Labute approximate surface area is 250 Å². The molecule has 6 rings (SSSR count). The molecule has 6 aromatic carbocycles. The molecule has 0 nitrogen and oxygen atoms in total. The van der Waals surface area contributed by atoms with Crippen LogP contribution in [0.15, 0.2) is 182 Å². The van der Waals surface area contributed by atoms with Crippen LogP contribution >= 0.6 is 14.8 Å². The van der Waals surface area contributed by atoms with Gasteiger partial charge in [-0.25, -0.2) is 0 Å². The van der Waals surface area contributed by atoms with Crippen molar-refractivity contribution in [3.05, 3.63) is 182 Å². The molecule has 0 unspecified atom stereocenters. The molecule has 0 bridgehead atoms.